The van der Waals surface area contributed by atoms with Gasteiger partial charge in [0.05, 0.1) is 12.5 Å². The fourth-order valence-corrected chi connectivity index (χ4v) is 3.33. The number of benzene rings is 2. The van der Waals surface area contributed by atoms with Gasteiger partial charge in [-0.1, -0.05) is 23.2 Å². The summed E-state index contributed by atoms with van der Waals surface area (Å²) in [5, 5.41) is 22.0. The van der Waals surface area contributed by atoms with Gasteiger partial charge in [-0.25, -0.2) is 0 Å². The van der Waals surface area contributed by atoms with Gasteiger partial charge in [0.15, 0.2) is 0 Å². The van der Waals surface area contributed by atoms with Crippen LogP contribution in [0.25, 0.3) is 0 Å². The molecule has 2 aromatic rings. The molecule has 0 bridgehead atoms. The van der Waals surface area contributed by atoms with Gasteiger partial charge < -0.3 is 9.84 Å². The molecular formula is C16H13Cl2NO4. The van der Waals surface area contributed by atoms with E-state index in [1.165, 1.54) is 0 Å². The lowest BCUT2D eigenvalue weighted by Gasteiger charge is -2.22. The highest BCUT2D eigenvalue weighted by Crippen LogP contribution is 2.47. The average molecular weight is 354 g/mol. The second-order valence-electron chi connectivity index (χ2n) is 5.38. The number of aliphatic hydroxyl groups excluding tert-OH is 1. The molecule has 120 valence electrons. The normalized spacial score (nSPS) is 19.3. The monoisotopic (exact) mass is 353 g/mol. The van der Waals surface area contributed by atoms with Crippen LogP contribution >= 0.6 is 23.2 Å². The van der Waals surface area contributed by atoms with Crippen LogP contribution < -0.4 is 4.74 Å². The maximum Gasteiger partial charge on any atom is 0.211 e. The Balaban J connectivity index is 2.22. The van der Waals surface area contributed by atoms with Crippen LogP contribution in [0, 0.1) is 10.1 Å². The van der Waals surface area contributed by atoms with Gasteiger partial charge >= 0.3 is 0 Å². The first-order valence-electron chi connectivity index (χ1n) is 6.99. The number of aliphatic hydroxyl groups is 1. The van der Waals surface area contributed by atoms with Crippen molar-refractivity contribution in [3.05, 3.63) is 67.7 Å². The lowest BCUT2D eigenvalue weighted by Crippen LogP contribution is -2.22. The number of rotatable bonds is 3. The van der Waals surface area contributed by atoms with Crippen LogP contribution in [0.3, 0.4) is 0 Å². The van der Waals surface area contributed by atoms with Crippen LogP contribution in [-0.4, -0.2) is 23.2 Å². The predicted octanol–water partition coefficient (Wildman–Crippen LogP) is 4.24. The van der Waals surface area contributed by atoms with Crippen LogP contribution in [-0.2, 0) is 0 Å². The fraction of sp³-hybridized carbons (Fsp3) is 0.250. The molecule has 0 amide bonds. The predicted molar refractivity (Wildman–Crippen MR) is 87.4 cm³/mol. The molecule has 3 rings (SSSR count). The van der Waals surface area contributed by atoms with E-state index in [9.17, 15) is 15.2 Å². The second kappa shape index (κ2) is 6.35. The molecule has 2 atom stereocenters. The van der Waals surface area contributed by atoms with Crippen molar-refractivity contribution in [3.8, 4) is 11.5 Å². The molecule has 0 aromatic heterocycles. The topological polar surface area (TPSA) is 72.6 Å². The summed E-state index contributed by atoms with van der Waals surface area (Å²) in [4.78, 5) is 10.7. The first kappa shape index (κ1) is 16.1. The van der Waals surface area contributed by atoms with Crippen molar-refractivity contribution < 1.29 is 14.8 Å². The van der Waals surface area contributed by atoms with Crippen molar-refractivity contribution in [2.24, 2.45) is 0 Å². The van der Waals surface area contributed by atoms with Crippen LogP contribution in [0.2, 0.25) is 10.0 Å². The van der Waals surface area contributed by atoms with E-state index in [-0.39, 0.29) is 13.2 Å². The maximum atomic E-state index is 11.1. The van der Waals surface area contributed by atoms with Crippen molar-refractivity contribution in [2.45, 2.75) is 11.8 Å². The third kappa shape index (κ3) is 3.13. The molecule has 1 heterocycles. The van der Waals surface area contributed by atoms with E-state index < -0.39 is 16.8 Å². The zero-order valence-electron chi connectivity index (χ0n) is 11.9. The third-order valence-electron chi connectivity index (χ3n) is 3.99. The Hall–Kier alpha value is -1.82. The Morgan fingerprint density at radius 2 is 1.57 bits per heavy atom. The Bertz CT molecular complexity index is 766. The largest absolute Gasteiger partial charge is 0.457 e. The molecule has 0 unspecified atom stereocenters. The summed E-state index contributed by atoms with van der Waals surface area (Å²) >= 11 is 12.1. The number of ether oxygens (including phenoxy) is 1. The van der Waals surface area contributed by atoms with Crippen molar-refractivity contribution in [1.82, 2.24) is 0 Å². The summed E-state index contributed by atoms with van der Waals surface area (Å²) in [6.07, 6.45) is 0. The molecule has 0 saturated carbocycles. The molecule has 0 radical (unpaired) electrons. The first-order valence-corrected chi connectivity index (χ1v) is 7.74. The van der Waals surface area contributed by atoms with Crippen molar-refractivity contribution in [2.75, 3.05) is 13.2 Å². The van der Waals surface area contributed by atoms with Crippen molar-refractivity contribution in [3.63, 3.8) is 0 Å². The molecule has 1 aliphatic rings. The van der Waals surface area contributed by atoms with Crippen LogP contribution in [0.1, 0.15) is 23.0 Å². The van der Waals surface area contributed by atoms with Gasteiger partial charge in [-0.3, -0.25) is 10.1 Å². The summed E-state index contributed by atoms with van der Waals surface area (Å²) in [5.41, 5.74) is 1.26. The van der Waals surface area contributed by atoms with Gasteiger partial charge in [-0.15, -0.1) is 0 Å². The van der Waals surface area contributed by atoms with Gasteiger partial charge in [0.2, 0.25) is 6.54 Å². The number of hydrogen-bond acceptors (Lipinski definition) is 4. The van der Waals surface area contributed by atoms with E-state index in [1.807, 2.05) is 0 Å². The molecule has 0 fully saturated rings. The minimum absolute atomic E-state index is 0.263. The Morgan fingerprint density at radius 1 is 1.04 bits per heavy atom. The van der Waals surface area contributed by atoms with E-state index in [0.29, 0.717) is 32.7 Å². The van der Waals surface area contributed by atoms with E-state index in [0.717, 1.165) is 0 Å². The maximum absolute atomic E-state index is 11.1. The van der Waals surface area contributed by atoms with E-state index in [2.05, 4.69) is 0 Å². The van der Waals surface area contributed by atoms with Gasteiger partial charge in [0.25, 0.3) is 0 Å². The summed E-state index contributed by atoms with van der Waals surface area (Å²) in [6.45, 7) is -0.602. The highest BCUT2D eigenvalue weighted by Gasteiger charge is 2.36. The molecule has 1 aliphatic heterocycles. The first-order chi connectivity index (χ1) is 11.0. The van der Waals surface area contributed by atoms with Gasteiger partial charge in [-0.05, 0) is 36.4 Å². The molecular weight excluding hydrogens is 341 g/mol. The zero-order valence-corrected chi connectivity index (χ0v) is 13.4. The third-order valence-corrected chi connectivity index (χ3v) is 4.46. The Morgan fingerprint density at radius 3 is 2.04 bits per heavy atom. The number of nitrogens with zero attached hydrogens (tertiary/aromatic N) is 1. The number of halogens is 2. The summed E-state index contributed by atoms with van der Waals surface area (Å²) in [6, 6.07) is 10.1. The average Bonchev–Trinajstić information content (AvgIpc) is 2.61. The molecule has 0 saturated heterocycles. The van der Waals surface area contributed by atoms with Crippen molar-refractivity contribution in [1.29, 1.82) is 0 Å². The van der Waals surface area contributed by atoms with Gasteiger partial charge in [0.1, 0.15) is 11.5 Å². The zero-order chi connectivity index (χ0) is 16.6. The molecule has 23 heavy (non-hydrogen) atoms. The highest BCUT2D eigenvalue weighted by atomic mass is 35.5. The minimum Gasteiger partial charge on any atom is -0.457 e. The lowest BCUT2D eigenvalue weighted by atomic mass is 9.82. The van der Waals surface area contributed by atoms with Gasteiger partial charge in [0, 0.05) is 32.0 Å². The fourth-order valence-electron chi connectivity index (χ4n) is 2.97. The number of nitro groups is 1. The summed E-state index contributed by atoms with van der Waals surface area (Å²) in [5.74, 6) is -0.0409. The Kier molecular flexibility index (Phi) is 4.43. The van der Waals surface area contributed by atoms with E-state index >= 15 is 0 Å². The summed E-state index contributed by atoms with van der Waals surface area (Å²) in [7, 11) is 0. The summed E-state index contributed by atoms with van der Waals surface area (Å²) < 4.78 is 5.91. The van der Waals surface area contributed by atoms with Crippen molar-refractivity contribution >= 4 is 23.2 Å². The molecule has 0 spiro atoms. The number of fused-ring (bicyclic) bond motifs is 2. The lowest BCUT2D eigenvalue weighted by molar-refractivity contribution is -0.484. The number of hydrogen-bond donors (Lipinski definition) is 1. The van der Waals surface area contributed by atoms with Crippen LogP contribution in [0.5, 0.6) is 11.5 Å². The highest BCUT2D eigenvalue weighted by molar-refractivity contribution is 6.31. The molecule has 2 aromatic carbocycles. The second-order valence-corrected chi connectivity index (χ2v) is 6.25. The van der Waals surface area contributed by atoms with Gasteiger partial charge in [-0.2, -0.15) is 0 Å². The standard InChI is InChI=1S/C16H13Cl2NO4/c17-9-1-3-15-11(5-9)13(7-19(21)22)14(8-20)12-6-10(18)2-4-16(12)23-15/h1-6,13-14,20H,7-8H2/t13-,14-/m1/s1. The van der Waals surface area contributed by atoms with E-state index in [1.54, 1.807) is 36.4 Å². The quantitative estimate of drug-likeness (QED) is 0.661. The van der Waals surface area contributed by atoms with Crippen LogP contribution in [0.4, 0.5) is 0 Å². The smallest absolute Gasteiger partial charge is 0.211 e. The molecule has 5 nitrogen and oxygen atoms in total. The Labute approximate surface area is 142 Å². The molecule has 7 heteroatoms. The molecule has 1 N–H and O–H groups in total. The minimum atomic E-state index is -0.566. The van der Waals surface area contributed by atoms with E-state index in [4.69, 9.17) is 27.9 Å². The molecule has 0 aliphatic carbocycles. The van der Waals surface area contributed by atoms with Crippen LogP contribution in [0.15, 0.2) is 36.4 Å². The SMILES string of the molecule is O=[N+]([O-])C[C@@H]1c2cc(Cl)ccc2Oc2ccc(Cl)cc2[C@H]1CO.